The summed E-state index contributed by atoms with van der Waals surface area (Å²) < 4.78 is 6.16. The number of fused-ring (bicyclic) bond motifs is 7. The first-order valence-electron chi connectivity index (χ1n) is 18.6. The van der Waals surface area contributed by atoms with Crippen molar-refractivity contribution in [3.8, 4) is 56.2 Å². The molecule has 9 aromatic carbocycles. The molecular formula is C52H32N2O. The number of nitrogens with zero attached hydrogens (tertiary/aromatic N) is 2. The first kappa shape index (κ1) is 31.2. The van der Waals surface area contributed by atoms with Crippen molar-refractivity contribution in [3.63, 3.8) is 0 Å². The topological polar surface area (TPSA) is 38.9 Å². The number of hydrogen-bond donors (Lipinski definition) is 0. The SMILES string of the molecule is c1ccc(-c2cc(-c3ccccc3-c3ccc4oc5ccccc5c4c3)nc(-c3ccc(-c4c5ccccc5cc5c4ccc4ccccc45)cc3)n2)cc1. The Morgan fingerprint density at radius 1 is 0.309 bits per heavy atom. The highest BCUT2D eigenvalue weighted by Gasteiger charge is 2.17. The molecule has 0 atom stereocenters. The third kappa shape index (κ3) is 5.28. The van der Waals surface area contributed by atoms with Gasteiger partial charge in [-0.15, -0.1) is 0 Å². The molecule has 2 heterocycles. The normalized spacial score (nSPS) is 11.6. The second-order valence-corrected chi connectivity index (χ2v) is 14.1. The van der Waals surface area contributed by atoms with Crippen molar-refractivity contribution in [2.45, 2.75) is 0 Å². The zero-order valence-electron chi connectivity index (χ0n) is 29.8. The summed E-state index contributed by atoms with van der Waals surface area (Å²) in [5.74, 6) is 0.683. The molecule has 0 aliphatic carbocycles. The molecule has 0 saturated heterocycles. The summed E-state index contributed by atoms with van der Waals surface area (Å²) in [6, 6.07) is 68.6. The highest BCUT2D eigenvalue weighted by atomic mass is 16.3. The molecule has 11 aromatic rings. The molecule has 0 N–H and O–H groups in total. The lowest BCUT2D eigenvalue weighted by Gasteiger charge is -2.15. The summed E-state index contributed by atoms with van der Waals surface area (Å²) in [6.45, 7) is 0. The maximum Gasteiger partial charge on any atom is 0.160 e. The van der Waals surface area contributed by atoms with Gasteiger partial charge in [0.2, 0.25) is 0 Å². The van der Waals surface area contributed by atoms with E-state index in [1.165, 1.54) is 37.9 Å². The summed E-state index contributed by atoms with van der Waals surface area (Å²) in [5.41, 5.74) is 11.2. The molecule has 0 amide bonds. The van der Waals surface area contributed by atoms with E-state index in [0.29, 0.717) is 5.82 Å². The Morgan fingerprint density at radius 2 is 0.945 bits per heavy atom. The lowest BCUT2D eigenvalue weighted by atomic mass is 9.89. The van der Waals surface area contributed by atoms with Crippen molar-refractivity contribution in [2.75, 3.05) is 0 Å². The van der Waals surface area contributed by atoms with Crippen LogP contribution in [-0.2, 0) is 0 Å². The predicted molar refractivity (Wildman–Crippen MR) is 229 cm³/mol. The summed E-state index contributed by atoms with van der Waals surface area (Å²) in [4.78, 5) is 10.5. The Kier molecular flexibility index (Phi) is 7.17. The van der Waals surface area contributed by atoms with Gasteiger partial charge in [-0.1, -0.05) is 164 Å². The zero-order valence-corrected chi connectivity index (χ0v) is 29.8. The molecule has 0 unspecified atom stereocenters. The van der Waals surface area contributed by atoms with Crippen molar-refractivity contribution in [1.29, 1.82) is 0 Å². The third-order valence-corrected chi connectivity index (χ3v) is 10.9. The van der Waals surface area contributed by atoms with Gasteiger partial charge in [0.15, 0.2) is 5.82 Å². The van der Waals surface area contributed by atoms with Crippen LogP contribution in [0.3, 0.4) is 0 Å². The lowest BCUT2D eigenvalue weighted by Crippen LogP contribution is -1.97. The molecule has 2 aromatic heterocycles. The van der Waals surface area contributed by atoms with E-state index >= 15 is 0 Å². The number of rotatable bonds is 5. The summed E-state index contributed by atoms with van der Waals surface area (Å²) >= 11 is 0. The molecule has 0 radical (unpaired) electrons. The zero-order chi connectivity index (χ0) is 36.3. The van der Waals surface area contributed by atoms with Crippen LogP contribution in [0, 0.1) is 0 Å². The van der Waals surface area contributed by atoms with E-state index in [4.69, 9.17) is 14.4 Å². The van der Waals surface area contributed by atoms with Gasteiger partial charge in [0.1, 0.15) is 11.2 Å². The van der Waals surface area contributed by atoms with Gasteiger partial charge in [0.25, 0.3) is 0 Å². The maximum atomic E-state index is 6.16. The van der Waals surface area contributed by atoms with Crippen molar-refractivity contribution in [2.24, 2.45) is 0 Å². The van der Waals surface area contributed by atoms with Crippen molar-refractivity contribution in [1.82, 2.24) is 9.97 Å². The predicted octanol–water partition coefficient (Wildman–Crippen LogP) is 14.2. The van der Waals surface area contributed by atoms with Gasteiger partial charge in [-0.25, -0.2) is 9.97 Å². The minimum Gasteiger partial charge on any atom is -0.456 e. The third-order valence-electron chi connectivity index (χ3n) is 10.9. The molecule has 3 heteroatoms. The Labute approximate surface area is 317 Å². The number of para-hydroxylation sites is 1. The van der Waals surface area contributed by atoms with Gasteiger partial charge >= 0.3 is 0 Å². The number of aromatic nitrogens is 2. The fourth-order valence-corrected chi connectivity index (χ4v) is 8.24. The molecule has 55 heavy (non-hydrogen) atoms. The molecule has 0 aliphatic rings. The van der Waals surface area contributed by atoms with Crippen LogP contribution < -0.4 is 0 Å². The Balaban J connectivity index is 1.06. The molecule has 11 rings (SSSR count). The van der Waals surface area contributed by atoms with Gasteiger partial charge < -0.3 is 4.42 Å². The minimum absolute atomic E-state index is 0.683. The smallest absolute Gasteiger partial charge is 0.160 e. The van der Waals surface area contributed by atoms with Gasteiger partial charge in [0.05, 0.1) is 11.4 Å². The molecule has 0 saturated carbocycles. The molecule has 3 nitrogen and oxygen atoms in total. The van der Waals surface area contributed by atoms with Crippen molar-refractivity contribution < 1.29 is 4.42 Å². The van der Waals surface area contributed by atoms with E-state index < -0.39 is 0 Å². The average molecular weight is 701 g/mol. The Morgan fingerprint density at radius 3 is 1.80 bits per heavy atom. The highest BCUT2D eigenvalue weighted by Crippen LogP contribution is 2.41. The fourth-order valence-electron chi connectivity index (χ4n) is 8.24. The van der Waals surface area contributed by atoms with Crippen LogP contribution in [0.15, 0.2) is 199 Å². The van der Waals surface area contributed by atoms with Gasteiger partial charge in [-0.2, -0.15) is 0 Å². The van der Waals surface area contributed by atoms with Crippen LogP contribution >= 0.6 is 0 Å². The standard InChI is InChI=1S/C52H32N2O/c1-2-13-34(14-3-1)47-32-48(42-19-9-8-17-40(42)38-27-29-50-46(31-38)43-20-10-11-21-49(43)55-50)54-52(53-47)36-24-22-35(23-25-36)51-41-18-7-5-15-37(41)30-45-39-16-6-4-12-33(39)26-28-44(45)51/h1-32H. The first-order chi connectivity index (χ1) is 27.2. The van der Waals surface area contributed by atoms with E-state index in [0.717, 1.165) is 66.7 Å². The number of hydrogen-bond acceptors (Lipinski definition) is 3. The highest BCUT2D eigenvalue weighted by molar-refractivity contribution is 6.20. The van der Waals surface area contributed by atoms with Gasteiger partial charge in [-0.3, -0.25) is 0 Å². The fraction of sp³-hybridized carbons (Fsp3) is 0. The maximum absolute atomic E-state index is 6.16. The quantitative estimate of drug-likeness (QED) is 0.133. The Bertz CT molecular complexity index is 3250. The lowest BCUT2D eigenvalue weighted by molar-refractivity contribution is 0.669. The van der Waals surface area contributed by atoms with E-state index in [2.05, 4.69) is 176 Å². The number of benzene rings is 9. The van der Waals surface area contributed by atoms with Crippen molar-refractivity contribution >= 4 is 54.3 Å². The van der Waals surface area contributed by atoms with E-state index in [1.807, 2.05) is 18.2 Å². The molecule has 0 spiro atoms. The second kappa shape index (κ2) is 12.6. The second-order valence-electron chi connectivity index (χ2n) is 14.1. The summed E-state index contributed by atoms with van der Waals surface area (Å²) in [5, 5.41) is 9.69. The van der Waals surface area contributed by atoms with Crippen LogP contribution in [0.4, 0.5) is 0 Å². The van der Waals surface area contributed by atoms with E-state index in [9.17, 15) is 0 Å². The largest absolute Gasteiger partial charge is 0.456 e. The molecule has 0 bridgehead atoms. The summed E-state index contributed by atoms with van der Waals surface area (Å²) in [6.07, 6.45) is 0. The monoisotopic (exact) mass is 700 g/mol. The molecule has 0 fully saturated rings. The van der Waals surface area contributed by atoms with E-state index in [-0.39, 0.29) is 0 Å². The summed E-state index contributed by atoms with van der Waals surface area (Å²) in [7, 11) is 0. The van der Waals surface area contributed by atoms with E-state index in [1.54, 1.807) is 0 Å². The first-order valence-corrected chi connectivity index (χ1v) is 18.6. The minimum atomic E-state index is 0.683. The van der Waals surface area contributed by atoms with Gasteiger partial charge in [0, 0.05) is 27.5 Å². The number of furan rings is 1. The average Bonchev–Trinajstić information content (AvgIpc) is 3.64. The van der Waals surface area contributed by atoms with Crippen LogP contribution in [0.5, 0.6) is 0 Å². The molecular weight excluding hydrogens is 669 g/mol. The van der Waals surface area contributed by atoms with Gasteiger partial charge in [-0.05, 0) is 84.9 Å². The molecule has 256 valence electrons. The molecule has 0 aliphatic heterocycles. The van der Waals surface area contributed by atoms with Crippen LogP contribution in [0.2, 0.25) is 0 Å². The van der Waals surface area contributed by atoms with Crippen LogP contribution in [0.1, 0.15) is 0 Å². The van der Waals surface area contributed by atoms with Crippen molar-refractivity contribution in [3.05, 3.63) is 194 Å². The van der Waals surface area contributed by atoms with Crippen LogP contribution in [-0.4, -0.2) is 9.97 Å². The van der Waals surface area contributed by atoms with Crippen LogP contribution in [0.25, 0.3) is 110 Å². The Hall–Kier alpha value is -7.36.